The lowest BCUT2D eigenvalue weighted by Crippen LogP contribution is -2.38. The van der Waals surface area contributed by atoms with E-state index in [0.717, 1.165) is 5.39 Å². The molecule has 0 spiro atoms. The Bertz CT molecular complexity index is 945. The molecule has 0 bridgehead atoms. The molecule has 124 valence electrons. The Morgan fingerprint density at radius 3 is 2.29 bits per heavy atom. The molecule has 1 atom stereocenters. The van der Waals surface area contributed by atoms with Gasteiger partial charge in [0.2, 0.25) is 10.0 Å². The molecule has 0 radical (unpaired) electrons. The van der Waals surface area contributed by atoms with Gasteiger partial charge in [-0.15, -0.1) is 0 Å². The summed E-state index contributed by atoms with van der Waals surface area (Å²) in [6, 6.07) is 21.5. The van der Waals surface area contributed by atoms with Crippen LogP contribution in [0.5, 0.6) is 0 Å². The molecule has 0 aliphatic carbocycles. The molecule has 2 N–H and O–H groups in total. The number of rotatable bonds is 5. The van der Waals surface area contributed by atoms with E-state index in [9.17, 15) is 13.5 Å². The van der Waals surface area contributed by atoms with Crippen molar-refractivity contribution in [2.45, 2.75) is 17.4 Å². The van der Waals surface area contributed by atoms with Gasteiger partial charge in [0.25, 0.3) is 0 Å². The molecule has 5 heteroatoms. The SMILES string of the molecule is C[C@@](O)(CNS(=O)(=O)c1cccc2ccccc12)c1ccccc1. The number of aliphatic hydroxyl groups is 1. The van der Waals surface area contributed by atoms with Gasteiger partial charge in [-0.25, -0.2) is 13.1 Å². The lowest BCUT2D eigenvalue weighted by Gasteiger charge is -2.24. The molecule has 3 aromatic carbocycles. The van der Waals surface area contributed by atoms with Gasteiger partial charge in [-0.1, -0.05) is 66.7 Å². The van der Waals surface area contributed by atoms with Crippen LogP contribution < -0.4 is 4.72 Å². The van der Waals surface area contributed by atoms with E-state index in [1.165, 1.54) is 0 Å². The molecule has 4 nitrogen and oxygen atoms in total. The van der Waals surface area contributed by atoms with Crippen molar-refractivity contribution in [1.82, 2.24) is 4.72 Å². The average molecular weight is 341 g/mol. The van der Waals surface area contributed by atoms with Crippen molar-refractivity contribution in [3.63, 3.8) is 0 Å². The minimum atomic E-state index is -3.74. The topological polar surface area (TPSA) is 66.4 Å². The van der Waals surface area contributed by atoms with Crippen molar-refractivity contribution in [2.24, 2.45) is 0 Å². The second-order valence-electron chi connectivity index (χ2n) is 5.94. The number of fused-ring (bicyclic) bond motifs is 1. The molecular formula is C19H19NO3S. The zero-order valence-corrected chi connectivity index (χ0v) is 14.1. The summed E-state index contributed by atoms with van der Waals surface area (Å²) in [4.78, 5) is 0.212. The monoisotopic (exact) mass is 341 g/mol. The number of hydrogen-bond acceptors (Lipinski definition) is 3. The summed E-state index contributed by atoms with van der Waals surface area (Å²) >= 11 is 0. The van der Waals surface area contributed by atoms with Gasteiger partial charge in [-0.2, -0.15) is 0 Å². The maximum Gasteiger partial charge on any atom is 0.241 e. The summed E-state index contributed by atoms with van der Waals surface area (Å²) in [5.74, 6) is 0. The van der Waals surface area contributed by atoms with Gasteiger partial charge in [-0.05, 0) is 23.9 Å². The van der Waals surface area contributed by atoms with Crippen molar-refractivity contribution in [3.8, 4) is 0 Å². The van der Waals surface area contributed by atoms with E-state index < -0.39 is 15.6 Å². The normalized spacial score (nSPS) is 14.4. The van der Waals surface area contributed by atoms with Crippen molar-refractivity contribution in [1.29, 1.82) is 0 Å². The molecule has 0 unspecified atom stereocenters. The van der Waals surface area contributed by atoms with E-state index in [2.05, 4.69) is 4.72 Å². The lowest BCUT2D eigenvalue weighted by molar-refractivity contribution is 0.0627. The van der Waals surface area contributed by atoms with E-state index >= 15 is 0 Å². The molecule has 24 heavy (non-hydrogen) atoms. The maximum atomic E-state index is 12.7. The highest BCUT2D eigenvalue weighted by Gasteiger charge is 2.26. The summed E-state index contributed by atoms with van der Waals surface area (Å²) in [6.45, 7) is 1.48. The van der Waals surface area contributed by atoms with E-state index in [1.807, 2.05) is 42.5 Å². The zero-order chi connectivity index (χ0) is 17.2. The van der Waals surface area contributed by atoms with Crippen LogP contribution in [0.2, 0.25) is 0 Å². The average Bonchev–Trinajstić information content (AvgIpc) is 2.60. The molecule has 0 amide bonds. The van der Waals surface area contributed by atoms with Crippen LogP contribution in [0, 0.1) is 0 Å². The minimum absolute atomic E-state index is 0.109. The quantitative estimate of drug-likeness (QED) is 0.750. The third-order valence-electron chi connectivity index (χ3n) is 4.04. The van der Waals surface area contributed by atoms with Crippen molar-refractivity contribution < 1.29 is 13.5 Å². The summed E-state index contributed by atoms with van der Waals surface area (Å²) in [6.07, 6.45) is 0. The van der Waals surface area contributed by atoms with Gasteiger partial charge in [-0.3, -0.25) is 0 Å². The Hall–Kier alpha value is -2.21. The lowest BCUT2D eigenvalue weighted by atomic mass is 9.97. The van der Waals surface area contributed by atoms with Crippen molar-refractivity contribution in [2.75, 3.05) is 6.54 Å². The van der Waals surface area contributed by atoms with Gasteiger partial charge >= 0.3 is 0 Å². The molecule has 0 saturated carbocycles. The Kier molecular flexibility index (Phi) is 4.41. The molecule has 3 rings (SSSR count). The third kappa shape index (κ3) is 3.33. The maximum absolute atomic E-state index is 12.7. The fourth-order valence-corrected chi connectivity index (χ4v) is 4.00. The van der Waals surface area contributed by atoms with Gasteiger partial charge in [0.1, 0.15) is 5.60 Å². The van der Waals surface area contributed by atoms with Crippen molar-refractivity contribution in [3.05, 3.63) is 78.4 Å². The van der Waals surface area contributed by atoms with Gasteiger partial charge < -0.3 is 5.11 Å². The smallest absolute Gasteiger partial charge is 0.241 e. The predicted molar refractivity (Wildman–Crippen MR) is 95.1 cm³/mol. The number of hydrogen-bond donors (Lipinski definition) is 2. The first-order valence-corrected chi connectivity index (χ1v) is 9.14. The first-order valence-electron chi connectivity index (χ1n) is 7.65. The van der Waals surface area contributed by atoms with Gasteiger partial charge in [0.15, 0.2) is 0 Å². The van der Waals surface area contributed by atoms with E-state index in [0.29, 0.717) is 10.9 Å². The standard InChI is InChI=1S/C19H19NO3S/c1-19(21,16-10-3-2-4-11-16)14-20-24(22,23)18-13-7-9-15-8-5-6-12-17(15)18/h2-13,20-21H,14H2,1H3/t19-/m1/s1. The molecule has 0 fully saturated rings. The van der Waals surface area contributed by atoms with Crippen LogP contribution in [-0.4, -0.2) is 20.1 Å². The van der Waals surface area contributed by atoms with Crippen LogP contribution in [0.1, 0.15) is 12.5 Å². The summed E-state index contributed by atoms with van der Waals surface area (Å²) in [5, 5.41) is 12.1. The molecular weight excluding hydrogens is 322 g/mol. The largest absolute Gasteiger partial charge is 0.384 e. The highest BCUT2D eigenvalue weighted by Crippen LogP contribution is 2.24. The van der Waals surface area contributed by atoms with Crippen LogP contribution >= 0.6 is 0 Å². The van der Waals surface area contributed by atoms with Crippen LogP contribution in [0.3, 0.4) is 0 Å². The Balaban J connectivity index is 1.89. The molecule has 3 aromatic rings. The first-order chi connectivity index (χ1) is 11.4. The van der Waals surface area contributed by atoms with Gasteiger partial charge in [0.05, 0.1) is 4.90 Å². The molecule has 0 heterocycles. The highest BCUT2D eigenvalue weighted by molar-refractivity contribution is 7.89. The fourth-order valence-electron chi connectivity index (χ4n) is 2.64. The van der Waals surface area contributed by atoms with E-state index in [4.69, 9.17) is 0 Å². The highest BCUT2D eigenvalue weighted by atomic mass is 32.2. The van der Waals surface area contributed by atoms with E-state index in [1.54, 1.807) is 37.3 Å². The van der Waals surface area contributed by atoms with Crippen molar-refractivity contribution >= 4 is 20.8 Å². The Labute approximate surface area is 141 Å². The first kappa shape index (κ1) is 16.6. The van der Waals surface area contributed by atoms with Crippen LogP contribution in [0.15, 0.2) is 77.7 Å². The predicted octanol–water partition coefficient (Wildman–Crippen LogP) is 3.03. The fraction of sp³-hybridized carbons (Fsp3) is 0.158. The molecule has 0 saturated heterocycles. The van der Waals surface area contributed by atoms with Crippen LogP contribution in [0.4, 0.5) is 0 Å². The molecule has 0 aromatic heterocycles. The van der Waals surface area contributed by atoms with Crippen LogP contribution in [0.25, 0.3) is 10.8 Å². The summed E-state index contributed by atoms with van der Waals surface area (Å²) in [7, 11) is -3.74. The minimum Gasteiger partial charge on any atom is -0.384 e. The Morgan fingerprint density at radius 2 is 1.54 bits per heavy atom. The summed E-state index contributed by atoms with van der Waals surface area (Å²) in [5.41, 5.74) is -0.635. The van der Waals surface area contributed by atoms with E-state index in [-0.39, 0.29) is 11.4 Å². The number of benzene rings is 3. The number of nitrogens with one attached hydrogen (secondary N) is 1. The number of sulfonamides is 1. The van der Waals surface area contributed by atoms with Gasteiger partial charge in [0, 0.05) is 11.9 Å². The molecule has 0 aliphatic heterocycles. The van der Waals surface area contributed by atoms with Crippen LogP contribution in [-0.2, 0) is 15.6 Å². The third-order valence-corrected chi connectivity index (χ3v) is 5.50. The zero-order valence-electron chi connectivity index (χ0n) is 13.3. The second-order valence-corrected chi connectivity index (χ2v) is 7.68. The molecule has 0 aliphatic rings. The second kappa shape index (κ2) is 6.36. The Morgan fingerprint density at radius 1 is 0.917 bits per heavy atom. The summed E-state index contributed by atoms with van der Waals surface area (Å²) < 4.78 is 27.9.